The smallest absolute Gasteiger partial charge is 0.408 e. The van der Waals surface area contributed by atoms with Crippen molar-refractivity contribution in [3.63, 3.8) is 0 Å². The van der Waals surface area contributed by atoms with Gasteiger partial charge >= 0.3 is 12.1 Å². The Morgan fingerprint density at radius 1 is 1.00 bits per heavy atom. The lowest BCUT2D eigenvalue weighted by molar-refractivity contribution is -0.143. The molecule has 0 saturated carbocycles. The van der Waals surface area contributed by atoms with Crippen molar-refractivity contribution < 1.29 is 32.2 Å². The van der Waals surface area contributed by atoms with Crippen LogP contribution in [0.2, 0.25) is 0 Å². The largest absolute Gasteiger partial charge is 0.497 e. The minimum Gasteiger partial charge on any atom is -0.497 e. The summed E-state index contributed by atoms with van der Waals surface area (Å²) in [5.74, 6) is 0.582. The highest BCUT2D eigenvalue weighted by molar-refractivity contribution is 7.99. The van der Waals surface area contributed by atoms with Gasteiger partial charge in [0.1, 0.15) is 16.6 Å². The number of benzene rings is 2. The Hall–Kier alpha value is -2.76. The number of hydrogen-bond donors (Lipinski definition) is 2. The summed E-state index contributed by atoms with van der Waals surface area (Å²) >= 11 is 1.27. The average Bonchev–Trinajstić information content (AvgIpc) is 2.81. The van der Waals surface area contributed by atoms with E-state index in [-0.39, 0.29) is 11.5 Å². The van der Waals surface area contributed by atoms with Crippen molar-refractivity contribution >= 4 is 33.8 Å². The van der Waals surface area contributed by atoms with E-state index in [0.717, 1.165) is 5.56 Å². The fraction of sp³-hybridized carbons (Fsp3) is 0.500. The molecule has 0 spiro atoms. The molecular weight excluding hydrogens is 540 g/mol. The highest BCUT2D eigenvalue weighted by Crippen LogP contribution is 2.32. The lowest BCUT2D eigenvalue weighted by atomic mass is 10.0. The third kappa shape index (κ3) is 10.7. The van der Waals surface area contributed by atoms with Gasteiger partial charge in [-0.3, -0.25) is 4.79 Å². The molecule has 0 bridgehead atoms. The molecule has 2 aromatic rings. The summed E-state index contributed by atoms with van der Waals surface area (Å²) in [6.07, 6.45) is -0.743. The predicted molar refractivity (Wildman–Crippen MR) is 153 cm³/mol. The molecule has 11 heteroatoms. The van der Waals surface area contributed by atoms with Crippen molar-refractivity contribution in [2.75, 3.05) is 13.7 Å². The summed E-state index contributed by atoms with van der Waals surface area (Å²) in [7, 11) is -2.30. The van der Waals surface area contributed by atoms with E-state index in [1.54, 1.807) is 67.7 Å². The number of thioether (sulfide) groups is 1. The minimum absolute atomic E-state index is 0.00803. The van der Waals surface area contributed by atoms with Crippen LogP contribution in [-0.2, 0) is 30.0 Å². The van der Waals surface area contributed by atoms with Gasteiger partial charge in [0.2, 0.25) is 10.0 Å². The zero-order valence-electron chi connectivity index (χ0n) is 23.9. The van der Waals surface area contributed by atoms with E-state index < -0.39 is 44.5 Å². The first-order valence-electron chi connectivity index (χ1n) is 12.6. The Labute approximate surface area is 236 Å². The molecule has 2 N–H and O–H groups in total. The SMILES string of the molecule is CCOC(=O)[C@@H](SCc1ccc(OC)cc1)[C@@H](NC(=O)OC(C)(C)C)c1cccc(S(=O)(=O)NC(C)(C)C)c1. The molecule has 0 heterocycles. The third-order valence-electron chi connectivity index (χ3n) is 5.05. The molecule has 0 saturated heterocycles. The van der Waals surface area contributed by atoms with E-state index in [9.17, 15) is 18.0 Å². The molecule has 0 aliphatic carbocycles. The molecule has 0 aliphatic rings. The molecular formula is C28H40N2O7S2. The number of amides is 1. The highest BCUT2D eigenvalue weighted by Gasteiger charge is 2.35. The summed E-state index contributed by atoms with van der Waals surface area (Å²) < 4.78 is 44.8. The van der Waals surface area contributed by atoms with Crippen LogP contribution < -0.4 is 14.8 Å². The van der Waals surface area contributed by atoms with Gasteiger partial charge in [-0.05, 0) is 83.9 Å². The van der Waals surface area contributed by atoms with Crippen LogP contribution in [0.4, 0.5) is 4.79 Å². The van der Waals surface area contributed by atoms with Gasteiger partial charge in [0.25, 0.3) is 0 Å². The number of rotatable bonds is 11. The number of carbonyl (C=O) groups excluding carboxylic acids is 2. The molecule has 0 aromatic heterocycles. The summed E-state index contributed by atoms with van der Waals surface area (Å²) in [6.45, 7) is 12.3. The maximum Gasteiger partial charge on any atom is 0.408 e. The second-order valence-corrected chi connectivity index (χ2v) is 13.7. The normalized spacial score (nSPS) is 13.7. The Kier molecular flexibility index (Phi) is 11.3. The number of nitrogens with one attached hydrogen (secondary N) is 2. The molecule has 2 atom stereocenters. The fourth-order valence-corrected chi connectivity index (χ4v) is 6.20. The number of esters is 1. The van der Waals surface area contributed by atoms with E-state index in [1.807, 2.05) is 24.3 Å². The summed E-state index contributed by atoms with van der Waals surface area (Å²) in [4.78, 5) is 26.1. The van der Waals surface area contributed by atoms with Crippen molar-refractivity contribution in [1.82, 2.24) is 10.0 Å². The molecule has 0 radical (unpaired) electrons. The number of methoxy groups -OCH3 is 1. The van der Waals surface area contributed by atoms with Crippen molar-refractivity contribution in [2.24, 2.45) is 0 Å². The zero-order chi connectivity index (χ0) is 29.4. The van der Waals surface area contributed by atoms with Gasteiger partial charge in [-0.15, -0.1) is 11.8 Å². The number of ether oxygens (including phenoxy) is 3. The zero-order valence-corrected chi connectivity index (χ0v) is 25.5. The van der Waals surface area contributed by atoms with E-state index >= 15 is 0 Å². The standard InChI is InChI=1S/C28H40N2O7S2/c1-9-36-25(31)24(38-18-19-13-15-21(35-8)16-14-19)23(29-26(32)37-28(5,6)7)20-11-10-12-22(17-20)39(33,34)30-27(2,3)4/h10-17,23-24,30H,9,18H2,1-8H3,(H,29,32)/t23-,24-/m0/s1. The fourth-order valence-electron chi connectivity index (χ4n) is 3.54. The quantitative estimate of drug-likeness (QED) is 0.348. The second-order valence-electron chi connectivity index (χ2n) is 10.9. The summed E-state index contributed by atoms with van der Waals surface area (Å²) in [6, 6.07) is 12.6. The Bertz CT molecular complexity index is 1220. The van der Waals surface area contributed by atoms with Crippen molar-refractivity contribution in [3.05, 3.63) is 59.7 Å². The van der Waals surface area contributed by atoms with E-state index in [2.05, 4.69) is 10.0 Å². The Morgan fingerprint density at radius 3 is 2.18 bits per heavy atom. The Morgan fingerprint density at radius 2 is 1.64 bits per heavy atom. The van der Waals surface area contributed by atoms with Gasteiger partial charge in [-0.1, -0.05) is 24.3 Å². The van der Waals surface area contributed by atoms with Crippen LogP contribution in [0.25, 0.3) is 0 Å². The van der Waals surface area contributed by atoms with E-state index in [1.165, 1.54) is 23.9 Å². The second kappa shape index (κ2) is 13.5. The third-order valence-corrected chi connectivity index (χ3v) is 8.13. The van der Waals surface area contributed by atoms with Crippen LogP contribution in [-0.4, -0.2) is 50.6 Å². The first kappa shape index (κ1) is 32.5. The van der Waals surface area contributed by atoms with Crippen molar-refractivity contribution in [2.45, 2.75) is 81.5 Å². The van der Waals surface area contributed by atoms with Crippen LogP contribution in [0, 0.1) is 0 Å². The van der Waals surface area contributed by atoms with Gasteiger partial charge < -0.3 is 19.5 Å². The van der Waals surface area contributed by atoms with Crippen molar-refractivity contribution in [1.29, 1.82) is 0 Å². The Balaban J connectivity index is 2.52. The lowest BCUT2D eigenvalue weighted by Crippen LogP contribution is -2.42. The van der Waals surface area contributed by atoms with E-state index in [0.29, 0.717) is 17.1 Å². The monoisotopic (exact) mass is 580 g/mol. The number of carbonyl (C=O) groups is 2. The maximum absolute atomic E-state index is 13.2. The summed E-state index contributed by atoms with van der Waals surface area (Å²) in [5, 5.41) is 1.88. The van der Waals surface area contributed by atoms with Crippen LogP contribution in [0.1, 0.15) is 65.6 Å². The first-order chi connectivity index (χ1) is 18.0. The topological polar surface area (TPSA) is 120 Å². The van der Waals surface area contributed by atoms with Gasteiger partial charge in [-0.2, -0.15) is 0 Å². The molecule has 2 rings (SSSR count). The number of hydrogen-bond acceptors (Lipinski definition) is 8. The van der Waals surface area contributed by atoms with Crippen molar-refractivity contribution in [3.8, 4) is 5.75 Å². The molecule has 0 aliphatic heterocycles. The van der Waals surface area contributed by atoms with Gasteiger partial charge in [0.05, 0.1) is 24.7 Å². The molecule has 216 valence electrons. The average molecular weight is 581 g/mol. The first-order valence-corrected chi connectivity index (χ1v) is 15.1. The van der Waals surface area contributed by atoms with Crippen LogP contribution in [0.5, 0.6) is 5.75 Å². The lowest BCUT2D eigenvalue weighted by Gasteiger charge is -2.29. The van der Waals surface area contributed by atoms with Crippen LogP contribution in [0.3, 0.4) is 0 Å². The summed E-state index contributed by atoms with van der Waals surface area (Å²) in [5.41, 5.74) is -0.147. The molecule has 1 amide bonds. The minimum atomic E-state index is -3.88. The van der Waals surface area contributed by atoms with Gasteiger partial charge in [0.15, 0.2) is 0 Å². The predicted octanol–water partition coefficient (Wildman–Crippen LogP) is 5.20. The number of sulfonamides is 1. The molecule has 0 fully saturated rings. The molecule has 39 heavy (non-hydrogen) atoms. The molecule has 2 aromatic carbocycles. The molecule has 0 unspecified atom stereocenters. The maximum atomic E-state index is 13.2. The van der Waals surface area contributed by atoms with Gasteiger partial charge in [-0.25, -0.2) is 17.9 Å². The van der Waals surface area contributed by atoms with E-state index in [4.69, 9.17) is 14.2 Å². The van der Waals surface area contributed by atoms with Crippen LogP contribution in [0.15, 0.2) is 53.4 Å². The number of alkyl carbamates (subject to hydrolysis) is 1. The van der Waals surface area contributed by atoms with Crippen LogP contribution >= 0.6 is 11.8 Å². The van der Waals surface area contributed by atoms with Gasteiger partial charge in [0, 0.05) is 11.3 Å². The molecule has 9 nitrogen and oxygen atoms in total. The highest BCUT2D eigenvalue weighted by atomic mass is 32.2.